The topological polar surface area (TPSA) is 53.8 Å². The molecule has 1 heterocycles. The number of aryl methyl sites for hydroxylation is 1. The third kappa shape index (κ3) is 5.27. The number of rotatable bonds is 8. The monoisotopic (exact) mass is 470 g/mol. The van der Waals surface area contributed by atoms with Gasteiger partial charge in [-0.1, -0.05) is 48.5 Å². The van der Waals surface area contributed by atoms with Gasteiger partial charge in [0.1, 0.15) is 23.9 Å². The summed E-state index contributed by atoms with van der Waals surface area (Å²) < 4.78 is 19.1. The molecule has 0 unspecified atom stereocenters. The maximum absolute atomic E-state index is 13.7. The first kappa shape index (κ1) is 22.8. The van der Waals surface area contributed by atoms with Gasteiger partial charge in [-0.25, -0.2) is 4.39 Å². The maximum Gasteiger partial charge on any atom is 0.255 e. The van der Waals surface area contributed by atoms with Gasteiger partial charge in [0.2, 0.25) is 5.91 Å². The van der Waals surface area contributed by atoms with E-state index in [2.05, 4.69) is 0 Å². The number of halogens is 1. The van der Waals surface area contributed by atoms with Crippen molar-refractivity contribution in [3.8, 4) is 0 Å². The Hall–Kier alpha value is -3.93. The van der Waals surface area contributed by atoms with Crippen molar-refractivity contribution in [2.45, 2.75) is 38.9 Å². The Bertz CT molecular complexity index is 1350. The third-order valence-electron chi connectivity index (χ3n) is 6.36. The number of nitrogens with zero attached hydrogens (tertiary/aromatic N) is 2. The molecule has 35 heavy (non-hydrogen) atoms. The van der Waals surface area contributed by atoms with E-state index >= 15 is 0 Å². The first-order chi connectivity index (χ1) is 17.0. The van der Waals surface area contributed by atoms with Gasteiger partial charge in [-0.3, -0.25) is 9.59 Å². The first-order valence-corrected chi connectivity index (χ1v) is 11.8. The molecule has 0 spiro atoms. The summed E-state index contributed by atoms with van der Waals surface area (Å²) >= 11 is 0. The van der Waals surface area contributed by atoms with Gasteiger partial charge in [0, 0.05) is 18.2 Å². The summed E-state index contributed by atoms with van der Waals surface area (Å²) in [4.78, 5) is 30.6. The molecule has 1 saturated carbocycles. The molecular formula is C29H27FN2O3. The quantitative estimate of drug-likeness (QED) is 0.331. The minimum Gasteiger partial charge on any atom is -0.464 e. The fraction of sp³-hybridized carbons (Fsp3) is 0.241. The molecule has 0 bridgehead atoms. The second-order valence-corrected chi connectivity index (χ2v) is 9.08. The van der Waals surface area contributed by atoms with Crippen molar-refractivity contribution >= 4 is 22.6 Å². The highest BCUT2D eigenvalue weighted by molar-refractivity contribution is 6.08. The lowest BCUT2D eigenvalue weighted by atomic mass is 10.0. The average molecular weight is 471 g/mol. The molecule has 5 nitrogen and oxygen atoms in total. The van der Waals surface area contributed by atoms with Crippen LogP contribution in [0.5, 0.6) is 0 Å². The lowest BCUT2D eigenvalue weighted by molar-refractivity contribution is -0.133. The molecule has 0 saturated heterocycles. The van der Waals surface area contributed by atoms with E-state index in [4.69, 9.17) is 4.42 Å². The van der Waals surface area contributed by atoms with E-state index in [1.807, 2.05) is 61.5 Å². The van der Waals surface area contributed by atoms with Gasteiger partial charge in [0.15, 0.2) is 0 Å². The number of hydrogen-bond acceptors (Lipinski definition) is 3. The largest absolute Gasteiger partial charge is 0.464 e. The van der Waals surface area contributed by atoms with Crippen LogP contribution in [0.4, 0.5) is 4.39 Å². The number of furan rings is 1. The van der Waals surface area contributed by atoms with E-state index in [0.717, 1.165) is 34.9 Å². The first-order valence-electron chi connectivity index (χ1n) is 11.8. The number of fused-ring (bicyclic) bond motifs is 1. The normalized spacial score (nSPS) is 13.1. The maximum atomic E-state index is 13.7. The Morgan fingerprint density at radius 1 is 0.914 bits per heavy atom. The van der Waals surface area contributed by atoms with E-state index in [-0.39, 0.29) is 36.8 Å². The van der Waals surface area contributed by atoms with Gasteiger partial charge < -0.3 is 14.2 Å². The number of amides is 2. The molecule has 3 aromatic carbocycles. The van der Waals surface area contributed by atoms with Gasteiger partial charge in [-0.2, -0.15) is 0 Å². The molecule has 5 rings (SSSR count). The zero-order chi connectivity index (χ0) is 24.4. The Labute approximate surface area is 203 Å². The lowest BCUT2D eigenvalue weighted by Crippen LogP contribution is -2.43. The predicted octanol–water partition coefficient (Wildman–Crippen LogP) is 5.71. The van der Waals surface area contributed by atoms with Crippen LogP contribution in [0.3, 0.4) is 0 Å². The molecule has 0 aliphatic heterocycles. The molecule has 4 aromatic rings. The second-order valence-electron chi connectivity index (χ2n) is 9.08. The highest BCUT2D eigenvalue weighted by Crippen LogP contribution is 2.30. The summed E-state index contributed by atoms with van der Waals surface area (Å²) in [6.45, 7) is 2.39. The van der Waals surface area contributed by atoms with Crippen molar-refractivity contribution in [3.05, 3.63) is 107 Å². The zero-order valence-corrected chi connectivity index (χ0v) is 19.6. The van der Waals surface area contributed by atoms with E-state index in [1.54, 1.807) is 21.9 Å². The van der Waals surface area contributed by atoms with Crippen LogP contribution in [0.15, 0.2) is 83.3 Å². The molecule has 2 amide bonds. The molecule has 1 aromatic heterocycles. The summed E-state index contributed by atoms with van der Waals surface area (Å²) in [5.41, 5.74) is 1.41. The molecule has 1 aliphatic carbocycles. The number of carbonyl (C=O) groups excluding carboxylic acids is 2. The van der Waals surface area contributed by atoms with Gasteiger partial charge in [0.25, 0.3) is 5.91 Å². The Morgan fingerprint density at radius 3 is 2.37 bits per heavy atom. The lowest BCUT2D eigenvalue weighted by Gasteiger charge is -2.28. The van der Waals surface area contributed by atoms with Crippen LogP contribution in [-0.2, 0) is 17.9 Å². The van der Waals surface area contributed by atoms with E-state index in [9.17, 15) is 14.0 Å². The molecule has 1 aliphatic rings. The smallest absolute Gasteiger partial charge is 0.255 e. The average Bonchev–Trinajstić information content (AvgIpc) is 3.63. The molecule has 0 radical (unpaired) electrons. The highest BCUT2D eigenvalue weighted by Gasteiger charge is 2.36. The second kappa shape index (κ2) is 9.74. The van der Waals surface area contributed by atoms with Gasteiger partial charge >= 0.3 is 0 Å². The van der Waals surface area contributed by atoms with Crippen molar-refractivity contribution in [3.63, 3.8) is 0 Å². The van der Waals surface area contributed by atoms with Crippen LogP contribution >= 0.6 is 0 Å². The van der Waals surface area contributed by atoms with Crippen molar-refractivity contribution in [1.82, 2.24) is 9.80 Å². The summed E-state index contributed by atoms with van der Waals surface area (Å²) in [6.07, 6.45) is 1.78. The van der Waals surface area contributed by atoms with Crippen molar-refractivity contribution in [2.24, 2.45) is 0 Å². The third-order valence-corrected chi connectivity index (χ3v) is 6.36. The number of hydrogen-bond donors (Lipinski definition) is 0. The summed E-state index contributed by atoms with van der Waals surface area (Å²) in [5.74, 6) is 0.794. The van der Waals surface area contributed by atoms with Crippen LogP contribution in [0, 0.1) is 12.7 Å². The molecule has 1 fully saturated rings. The molecule has 0 N–H and O–H groups in total. The van der Waals surface area contributed by atoms with Gasteiger partial charge in [-0.05, 0) is 66.4 Å². The minimum atomic E-state index is -0.325. The standard InChI is InChI=1S/C29H27FN2O3/c1-20-9-16-25(35-20)18-31(17-21-10-12-23(30)13-11-21)28(33)19-32(24-14-15-24)29(34)27-8-4-6-22-5-2-3-7-26(22)27/h2-13,16,24H,14-15,17-19H2,1H3. The van der Waals surface area contributed by atoms with Crippen LogP contribution in [0.25, 0.3) is 10.8 Å². The molecular weight excluding hydrogens is 443 g/mol. The van der Waals surface area contributed by atoms with Crippen LogP contribution in [0.2, 0.25) is 0 Å². The zero-order valence-electron chi connectivity index (χ0n) is 19.6. The number of carbonyl (C=O) groups is 2. The Kier molecular flexibility index (Phi) is 6.36. The Balaban J connectivity index is 1.40. The summed E-state index contributed by atoms with van der Waals surface area (Å²) in [5, 5.41) is 1.87. The van der Waals surface area contributed by atoms with E-state index in [1.165, 1.54) is 12.1 Å². The fourth-order valence-corrected chi connectivity index (χ4v) is 4.37. The minimum absolute atomic E-state index is 0.0202. The summed E-state index contributed by atoms with van der Waals surface area (Å²) in [6, 6.07) is 23.3. The molecule has 0 atom stereocenters. The van der Waals surface area contributed by atoms with Gasteiger partial charge in [-0.15, -0.1) is 0 Å². The van der Waals surface area contributed by atoms with Crippen molar-refractivity contribution in [2.75, 3.05) is 6.54 Å². The highest BCUT2D eigenvalue weighted by atomic mass is 19.1. The van der Waals surface area contributed by atoms with Crippen molar-refractivity contribution < 1.29 is 18.4 Å². The van der Waals surface area contributed by atoms with E-state index < -0.39 is 0 Å². The van der Waals surface area contributed by atoms with Crippen LogP contribution in [0.1, 0.15) is 40.3 Å². The van der Waals surface area contributed by atoms with Crippen LogP contribution < -0.4 is 0 Å². The fourth-order valence-electron chi connectivity index (χ4n) is 4.37. The predicted molar refractivity (Wildman–Crippen MR) is 132 cm³/mol. The van der Waals surface area contributed by atoms with Gasteiger partial charge in [0.05, 0.1) is 6.54 Å². The SMILES string of the molecule is Cc1ccc(CN(Cc2ccc(F)cc2)C(=O)CN(C(=O)c2cccc3ccccc23)C2CC2)o1. The molecule has 6 heteroatoms. The number of benzene rings is 3. The summed E-state index contributed by atoms with van der Waals surface area (Å²) in [7, 11) is 0. The molecule has 178 valence electrons. The van der Waals surface area contributed by atoms with Crippen molar-refractivity contribution in [1.29, 1.82) is 0 Å². The van der Waals surface area contributed by atoms with E-state index in [0.29, 0.717) is 17.9 Å². The Morgan fingerprint density at radius 2 is 1.66 bits per heavy atom. The van der Waals surface area contributed by atoms with Crippen LogP contribution in [-0.4, -0.2) is 34.2 Å².